The summed E-state index contributed by atoms with van der Waals surface area (Å²) in [5.74, 6) is 0.0379. The molecule has 1 heterocycles. The highest BCUT2D eigenvalue weighted by Crippen LogP contribution is 2.39. The highest BCUT2D eigenvalue weighted by Gasteiger charge is 2.40. The smallest absolute Gasteiger partial charge is 0.270 e. The number of amides is 2. The number of benzene rings is 2. The molecule has 0 fully saturated rings. The molecule has 0 unspecified atom stereocenters. The average Bonchev–Trinajstić information content (AvgIpc) is 2.55. The first-order valence-corrected chi connectivity index (χ1v) is 9.35. The fraction of sp³-hybridized carbons (Fsp3) is 0.263. The number of carbonyl (C=O) groups excluding carboxylic acids is 2. The van der Waals surface area contributed by atoms with E-state index < -0.39 is 5.60 Å². The number of hydrogen-bond donors (Lipinski definition) is 1. The van der Waals surface area contributed by atoms with Crippen LogP contribution in [0.15, 0.2) is 36.4 Å². The second-order valence-electron chi connectivity index (χ2n) is 6.64. The van der Waals surface area contributed by atoms with Gasteiger partial charge >= 0.3 is 0 Å². The van der Waals surface area contributed by atoms with Crippen molar-refractivity contribution in [2.45, 2.75) is 25.9 Å². The van der Waals surface area contributed by atoms with Gasteiger partial charge in [-0.3, -0.25) is 9.59 Å². The van der Waals surface area contributed by atoms with Crippen LogP contribution < -0.4 is 15.0 Å². The van der Waals surface area contributed by atoms with Crippen LogP contribution in [0.25, 0.3) is 0 Å². The molecule has 5 nitrogen and oxygen atoms in total. The number of nitrogens with one attached hydrogen (secondary N) is 1. The van der Waals surface area contributed by atoms with Crippen LogP contribution in [0.1, 0.15) is 20.3 Å². The fourth-order valence-electron chi connectivity index (χ4n) is 2.83. The molecule has 8 heteroatoms. The number of rotatable bonds is 4. The van der Waals surface area contributed by atoms with Crippen molar-refractivity contribution < 1.29 is 14.3 Å². The summed E-state index contributed by atoms with van der Waals surface area (Å²) in [5, 5.41) is 4.06. The van der Waals surface area contributed by atoms with Crippen molar-refractivity contribution in [1.29, 1.82) is 0 Å². The standard InChI is InChI=1S/C19H17Cl3N2O3/c1-19(2)18(26)24(15-10-11(20)3-4-16(15)27-19)6-5-17(25)23-14-8-12(21)7-13(22)9-14/h3-4,7-10H,5-6H2,1-2H3,(H,23,25). The SMILES string of the molecule is CC1(C)Oc2ccc(Cl)cc2N(CCC(=O)Nc2cc(Cl)cc(Cl)c2)C1=O. The highest BCUT2D eigenvalue weighted by atomic mass is 35.5. The van der Waals surface area contributed by atoms with Crippen molar-refractivity contribution in [3.05, 3.63) is 51.5 Å². The molecule has 27 heavy (non-hydrogen) atoms. The van der Waals surface area contributed by atoms with Crippen molar-refractivity contribution in [2.24, 2.45) is 0 Å². The largest absolute Gasteiger partial charge is 0.476 e. The predicted octanol–water partition coefficient (Wildman–Crippen LogP) is 5.18. The topological polar surface area (TPSA) is 58.6 Å². The van der Waals surface area contributed by atoms with Gasteiger partial charge in [-0.1, -0.05) is 34.8 Å². The molecule has 2 aromatic rings. The van der Waals surface area contributed by atoms with Gasteiger partial charge in [-0.25, -0.2) is 0 Å². The molecule has 0 aliphatic carbocycles. The Morgan fingerprint density at radius 2 is 1.74 bits per heavy atom. The van der Waals surface area contributed by atoms with E-state index in [2.05, 4.69) is 5.32 Å². The third-order valence-corrected chi connectivity index (χ3v) is 4.72. The van der Waals surface area contributed by atoms with Crippen LogP contribution in [0, 0.1) is 0 Å². The second-order valence-corrected chi connectivity index (χ2v) is 7.95. The van der Waals surface area contributed by atoms with E-state index in [4.69, 9.17) is 39.5 Å². The zero-order chi connectivity index (χ0) is 19.8. The highest BCUT2D eigenvalue weighted by molar-refractivity contribution is 6.35. The zero-order valence-electron chi connectivity index (χ0n) is 14.7. The van der Waals surface area contributed by atoms with Crippen LogP contribution in [0.3, 0.4) is 0 Å². The van der Waals surface area contributed by atoms with E-state index in [9.17, 15) is 9.59 Å². The quantitative estimate of drug-likeness (QED) is 0.731. The van der Waals surface area contributed by atoms with E-state index in [0.717, 1.165) is 0 Å². The van der Waals surface area contributed by atoms with Gasteiger partial charge in [-0.2, -0.15) is 0 Å². The number of ether oxygens (including phenoxy) is 1. The van der Waals surface area contributed by atoms with Crippen LogP contribution in [-0.2, 0) is 9.59 Å². The average molecular weight is 428 g/mol. The third kappa shape index (κ3) is 4.49. The molecule has 0 saturated carbocycles. The Morgan fingerprint density at radius 3 is 2.41 bits per heavy atom. The molecule has 0 bridgehead atoms. The van der Waals surface area contributed by atoms with Gasteiger partial charge in [0.15, 0.2) is 5.60 Å². The molecule has 1 aliphatic rings. The number of hydrogen-bond acceptors (Lipinski definition) is 3. The predicted molar refractivity (Wildman–Crippen MR) is 108 cm³/mol. The Morgan fingerprint density at radius 1 is 1.07 bits per heavy atom. The van der Waals surface area contributed by atoms with E-state index in [1.807, 2.05) is 0 Å². The molecular formula is C19H17Cl3N2O3. The Labute approximate surface area is 172 Å². The maximum atomic E-state index is 12.8. The lowest BCUT2D eigenvalue weighted by Crippen LogP contribution is -2.53. The number of carbonyl (C=O) groups is 2. The van der Waals surface area contributed by atoms with E-state index in [-0.39, 0.29) is 24.8 Å². The Bertz CT molecular complexity index is 895. The molecule has 0 saturated heterocycles. The van der Waals surface area contributed by atoms with Gasteiger partial charge in [0, 0.05) is 33.7 Å². The van der Waals surface area contributed by atoms with Gasteiger partial charge in [-0.05, 0) is 50.2 Å². The fourth-order valence-corrected chi connectivity index (χ4v) is 3.52. The number of halogens is 3. The van der Waals surface area contributed by atoms with Crippen LogP contribution in [-0.4, -0.2) is 24.0 Å². The molecule has 3 rings (SSSR count). The van der Waals surface area contributed by atoms with E-state index in [1.54, 1.807) is 50.2 Å². The van der Waals surface area contributed by atoms with Crippen LogP contribution >= 0.6 is 34.8 Å². The molecule has 2 amide bonds. The summed E-state index contributed by atoms with van der Waals surface area (Å²) in [6, 6.07) is 9.84. The van der Waals surface area contributed by atoms with E-state index in [1.165, 1.54) is 4.90 Å². The molecule has 0 atom stereocenters. The lowest BCUT2D eigenvalue weighted by molar-refractivity contribution is -0.132. The molecule has 0 radical (unpaired) electrons. The van der Waals surface area contributed by atoms with Gasteiger partial charge < -0.3 is 15.0 Å². The minimum absolute atomic E-state index is 0.0813. The first-order valence-electron chi connectivity index (χ1n) is 8.22. The van der Waals surface area contributed by atoms with Gasteiger partial charge in [-0.15, -0.1) is 0 Å². The van der Waals surface area contributed by atoms with Crippen LogP contribution in [0.4, 0.5) is 11.4 Å². The lowest BCUT2D eigenvalue weighted by atomic mass is 10.0. The van der Waals surface area contributed by atoms with E-state index >= 15 is 0 Å². The van der Waals surface area contributed by atoms with Crippen LogP contribution in [0.2, 0.25) is 15.1 Å². The Kier molecular flexibility index (Phi) is 5.56. The number of anilines is 2. The maximum absolute atomic E-state index is 12.8. The summed E-state index contributed by atoms with van der Waals surface area (Å²) in [6.45, 7) is 3.56. The van der Waals surface area contributed by atoms with Crippen LogP contribution in [0.5, 0.6) is 5.75 Å². The summed E-state index contributed by atoms with van der Waals surface area (Å²) in [4.78, 5) is 26.6. The lowest BCUT2D eigenvalue weighted by Gasteiger charge is -2.38. The molecule has 1 N–H and O–H groups in total. The molecular weight excluding hydrogens is 411 g/mol. The Balaban J connectivity index is 1.75. The molecule has 142 valence electrons. The summed E-state index contributed by atoms with van der Waals surface area (Å²) < 4.78 is 5.77. The normalized spacial score (nSPS) is 15.1. The molecule has 2 aromatic carbocycles. The van der Waals surface area contributed by atoms with E-state index in [0.29, 0.717) is 32.2 Å². The number of fused-ring (bicyclic) bond motifs is 1. The zero-order valence-corrected chi connectivity index (χ0v) is 17.0. The molecule has 1 aliphatic heterocycles. The van der Waals surface area contributed by atoms with Crippen molar-refractivity contribution in [3.63, 3.8) is 0 Å². The summed E-state index contributed by atoms with van der Waals surface area (Å²) >= 11 is 17.9. The monoisotopic (exact) mass is 426 g/mol. The van der Waals surface area contributed by atoms with Gasteiger partial charge in [0.1, 0.15) is 5.75 Å². The number of nitrogens with zero attached hydrogens (tertiary/aromatic N) is 1. The summed E-state index contributed by atoms with van der Waals surface area (Å²) in [7, 11) is 0. The summed E-state index contributed by atoms with van der Waals surface area (Å²) in [6.07, 6.45) is 0.0813. The first-order chi connectivity index (χ1) is 12.7. The minimum atomic E-state index is -1.03. The van der Waals surface area contributed by atoms with Crippen molar-refractivity contribution >= 4 is 58.0 Å². The Hall–Kier alpha value is -1.95. The minimum Gasteiger partial charge on any atom is -0.476 e. The molecule has 0 spiro atoms. The van der Waals surface area contributed by atoms with Gasteiger partial charge in [0.25, 0.3) is 5.91 Å². The third-order valence-electron chi connectivity index (χ3n) is 4.05. The second kappa shape index (κ2) is 7.58. The molecule has 0 aromatic heterocycles. The summed E-state index contributed by atoms with van der Waals surface area (Å²) in [5.41, 5.74) is 0.0117. The first kappa shape index (κ1) is 19.8. The van der Waals surface area contributed by atoms with Crippen molar-refractivity contribution in [3.8, 4) is 5.75 Å². The van der Waals surface area contributed by atoms with Gasteiger partial charge in [0.2, 0.25) is 5.91 Å². The van der Waals surface area contributed by atoms with Crippen molar-refractivity contribution in [2.75, 3.05) is 16.8 Å². The van der Waals surface area contributed by atoms with Crippen molar-refractivity contribution in [1.82, 2.24) is 0 Å². The van der Waals surface area contributed by atoms with Gasteiger partial charge in [0.05, 0.1) is 5.69 Å². The maximum Gasteiger partial charge on any atom is 0.270 e.